The molecule has 0 saturated carbocycles. The first-order valence-electron chi connectivity index (χ1n) is 7.03. The maximum absolute atomic E-state index is 10.1. The smallest absolute Gasteiger partial charge is 0.0914 e. The van der Waals surface area contributed by atoms with Gasteiger partial charge in [0.25, 0.3) is 0 Å². The summed E-state index contributed by atoms with van der Waals surface area (Å²) in [5, 5.41) is 17.7. The average molecular weight is 273 g/mol. The molecule has 2 N–H and O–H groups in total. The molecule has 0 aliphatic carbocycles. The highest BCUT2D eigenvalue weighted by Gasteiger charge is 2.08. The Morgan fingerprint density at radius 2 is 1.80 bits per heavy atom. The van der Waals surface area contributed by atoms with Gasteiger partial charge in [0.15, 0.2) is 0 Å². The summed E-state index contributed by atoms with van der Waals surface area (Å²) in [4.78, 5) is 0. The normalized spacial score (nSPS) is 12.8. The van der Waals surface area contributed by atoms with Crippen LogP contribution in [0.15, 0.2) is 36.5 Å². The standard InChI is InChI=1S/C16H23N3O/c1-12(2)13-4-6-14(7-5-13)16(20)11-17-10-15-8-9-19(3)18-15/h4-9,12,16-17,20H,10-11H2,1-3H3. The van der Waals surface area contributed by atoms with Crippen LogP contribution in [0.1, 0.15) is 42.7 Å². The number of aliphatic hydroxyl groups is 1. The first-order valence-corrected chi connectivity index (χ1v) is 7.03. The van der Waals surface area contributed by atoms with Gasteiger partial charge < -0.3 is 10.4 Å². The highest BCUT2D eigenvalue weighted by atomic mass is 16.3. The van der Waals surface area contributed by atoms with E-state index in [0.29, 0.717) is 19.0 Å². The summed E-state index contributed by atoms with van der Waals surface area (Å²) in [6.07, 6.45) is 1.43. The van der Waals surface area contributed by atoms with Crippen LogP contribution >= 0.6 is 0 Å². The minimum atomic E-state index is -0.486. The molecule has 1 unspecified atom stereocenters. The number of hydrogen-bond donors (Lipinski definition) is 2. The Morgan fingerprint density at radius 3 is 2.35 bits per heavy atom. The van der Waals surface area contributed by atoms with Crippen LogP contribution in [0.5, 0.6) is 0 Å². The molecule has 1 atom stereocenters. The summed E-state index contributed by atoms with van der Waals surface area (Å²) in [5.74, 6) is 0.517. The molecule has 0 fully saturated rings. The van der Waals surface area contributed by atoms with E-state index in [0.717, 1.165) is 11.3 Å². The van der Waals surface area contributed by atoms with Crippen molar-refractivity contribution in [2.45, 2.75) is 32.4 Å². The number of nitrogens with one attached hydrogen (secondary N) is 1. The monoisotopic (exact) mass is 273 g/mol. The molecular formula is C16H23N3O. The molecule has 0 aliphatic heterocycles. The zero-order valence-corrected chi connectivity index (χ0v) is 12.4. The van der Waals surface area contributed by atoms with E-state index in [4.69, 9.17) is 0 Å². The number of hydrogen-bond acceptors (Lipinski definition) is 3. The minimum absolute atomic E-state index is 0.486. The summed E-state index contributed by atoms with van der Waals surface area (Å²) in [7, 11) is 1.90. The Bertz CT molecular complexity index is 531. The van der Waals surface area contributed by atoms with E-state index in [9.17, 15) is 5.11 Å². The minimum Gasteiger partial charge on any atom is -0.387 e. The van der Waals surface area contributed by atoms with Gasteiger partial charge in [0.1, 0.15) is 0 Å². The summed E-state index contributed by atoms with van der Waals surface area (Å²) in [6.45, 7) is 5.53. The van der Waals surface area contributed by atoms with Crippen molar-refractivity contribution in [3.8, 4) is 0 Å². The largest absolute Gasteiger partial charge is 0.387 e. The van der Waals surface area contributed by atoms with Crippen LogP contribution in [0.4, 0.5) is 0 Å². The fourth-order valence-corrected chi connectivity index (χ4v) is 2.12. The average Bonchev–Trinajstić information content (AvgIpc) is 2.84. The van der Waals surface area contributed by atoms with Gasteiger partial charge in [0, 0.05) is 26.3 Å². The van der Waals surface area contributed by atoms with Crippen LogP contribution in [-0.2, 0) is 13.6 Å². The molecule has 1 aromatic carbocycles. The Balaban J connectivity index is 1.83. The molecule has 0 bridgehead atoms. The third-order valence-electron chi connectivity index (χ3n) is 3.40. The molecule has 108 valence electrons. The molecule has 1 aromatic heterocycles. The lowest BCUT2D eigenvalue weighted by atomic mass is 10.00. The summed E-state index contributed by atoms with van der Waals surface area (Å²) in [6, 6.07) is 10.1. The highest BCUT2D eigenvalue weighted by Crippen LogP contribution is 2.18. The molecule has 2 aromatic rings. The SMILES string of the molecule is CC(C)c1ccc(C(O)CNCc2ccn(C)n2)cc1. The van der Waals surface area contributed by atoms with Crippen molar-refractivity contribution in [2.75, 3.05) is 6.54 Å². The lowest BCUT2D eigenvalue weighted by Crippen LogP contribution is -2.21. The van der Waals surface area contributed by atoms with Gasteiger partial charge in [-0.1, -0.05) is 38.1 Å². The van der Waals surface area contributed by atoms with E-state index in [1.807, 2.05) is 31.4 Å². The van der Waals surface area contributed by atoms with Crippen molar-refractivity contribution in [3.05, 3.63) is 53.3 Å². The second-order valence-electron chi connectivity index (χ2n) is 5.45. The third-order valence-corrected chi connectivity index (χ3v) is 3.40. The molecule has 4 heteroatoms. The van der Waals surface area contributed by atoms with Gasteiger partial charge >= 0.3 is 0 Å². The Hall–Kier alpha value is -1.65. The van der Waals surface area contributed by atoms with Crippen molar-refractivity contribution in [1.82, 2.24) is 15.1 Å². The highest BCUT2D eigenvalue weighted by molar-refractivity contribution is 5.26. The van der Waals surface area contributed by atoms with Crippen LogP contribution in [-0.4, -0.2) is 21.4 Å². The van der Waals surface area contributed by atoms with Crippen molar-refractivity contribution >= 4 is 0 Å². The fourth-order valence-electron chi connectivity index (χ4n) is 2.12. The number of aliphatic hydroxyl groups excluding tert-OH is 1. The zero-order valence-electron chi connectivity index (χ0n) is 12.4. The maximum Gasteiger partial charge on any atom is 0.0914 e. The molecule has 4 nitrogen and oxygen atoms in total. The van der Waals surface area contributed by atoms with Crippen molar-refractivity contribution < 1.29 is 5.11 Å². The molecular weight excluding hydrogens is 250 g/mol. The van der Waals surface area contributed by atoms with Gasteiger partial charge in [-0.25, -0.2) is 0 Å². The number of nitrogens with zero attached hydrogens (tertiary/aromatic N) is 2. The van der Waals surface area contributed by atoms with Crippen molar-refractivity contribution in [3.63, 3.8) is 0 Å². The lowest BCUT2D eigenvalue weighted by Gasteiger charge is -2.13. The van der Waals surface area contributed by atoms with Crippen LogP contribution < -0.4 is 5.32 Å². The predicted molar refractivity (Wildman–Crippen MR) is 80.4 cm³/mol. The number of benzene rings is 1. The van der Waals surface area contributed by atoms with Gasteiger partial charge in [-0.3, -0.25) is 4.68 Å². The molecule has 0 amide bonds. The predicted octanol–water partition coefficient (Wildman–Crippen LogP) is 2.37. The molecule has 0 spiro atoms. The number of aryl methyl sites for hydroxylation is 1. The van der Waals surface area contributed by atoms with Gasteiger partial charge in [-0.2, -0.15) is 5.10 Å². The Morgan fingerprint density at radius 1 is 1.15 bits per heavy atom. The molecule has 0 aliphatic rings. The van der Waals surface area contributed by atoms with Crippen molar-refractivity contribution in [1.29, 1.82) is 0 Å². The molecule has 0 radical (unpaired) electrons. The Kier molecular flexibility index (Phi) is 4.93. The van der Waals surface area contributed by atoms with Crippen molar-refractivity contribution in [2.24, 2.45) is 7.05 Å². The zero-order chi connectivity index (χ0) is 14.5. The van der Waals surface area contributed by atoms with E-state index in [1.165, 1.54) is 5.56 Å². The lowest BCUT2D eigenvalue weighted by molar-refractivity contribution is 0.174. The Labute approximate surface area is 120 Å². The van der Waals surface area contributed by atoms with Gasteiger partial charge in [-0.15, -0.1) is 0 Å². The molecule has 1 heterocycles. The number of rotatable bonds is 6. The molecule has 20 heavy (non-hydrogen) atoms. The first-order chi connectivity index (χ1) is 9.56. The third kappa shape index (κ3) is 3.92. The molecule has 2 rings (SSSR count). The summed E-state index contributed by atoms with van der Waals surface area (Å²) >= 11 is 0. The van der Waals surface area contributed by atoms with E-state index >= 15 is 0 Å². The van der Waals surface area contributed by atoms with Crippen LogP contribution in [0.3, 0.4) is 0 Å². The van der Waals surface area contributed by atoms with Crippen LogP contribution in [0.2, 0.25) is 0 Å². The summed E-state index contributed by atoms with van der Waals surface area (Å²) < 4.78 is 1.78. The summed E-state index contributed by atoms with van der Waals surface area (Å²) in [5.41, 5.74) is 3.22. The van der Waals surface area contributed by atoms with Gasteiger partial charge in [0.2, 0.25) is 0 Å². The number of aromatic nitrogens is 2. The fraction of sp³-hybridized carbons (Fsp3) is 0.438. The maximum atomic E-state index is 10.1. The van der Waals surface area contributed by atoms with E-state index < -0.39 is 6.10 Å². The van der Waals surface area contributed by atoms with Crippen LogP contribution in [0.25, 0.3) is 0 Å². The quantitative estimate of drug-likeness (QED) is 0.849. The van der Waals surface area contributed by atoms with Crippen LogP contribution in [0, 0.1) is 0 Å². The second kappa shape index (κ2) is 6.68. The van der Waals surface area contributed by atoms with Gasteiger partial charge in [-0.05, 0) is 23.1 Å². The topological polar surface area (TPSA) is 50.1 Å². The van der Waals surface area contributed by atoms with E-state index in [-0.39, 0.29) is 0 Å². The van der Waals surface area contributed by atoms with E-state index in [2.05, 4.69) is 36.4 Å². The first kappa shape index (κ1) is 14.8. The van der Waals surface area contributed by atoms with E-state index in [1.54, 1.807) is 4.68 Å². The molecule has 0 saturated heterocycles. The van der Waals surface area contributed by atoms with Gasteiger partial charge in [0.05, 0.1) is 11.8 Å². The second-order valence-corrected chi connectivity index (χ2v) is 5.45.